The summed E-state index contributed by atoms with van der Waals surface area (Å²) in [5.41, 5.74) is 0.563. The smallest absolute Gasteiger partial charge is 0.289 e. The van der Waals surface area contributed by atoms with Crippen LogP contribution < -0.4 is 5.56 Å². The standard InChI is InChI=1S/C19H27N5O2S.C2H6/c1-21(2)9-6-10-24-17(25)15-7-4-5-8-16(15)20-18(24)27-19(26)23-13-11-22(3)12-14-23;1-2/h4-5,7-8H,6,9-14H2,1-3H3;1-2H3. The van der Waals surface area contributed by atoms with Crippen LogP contribution in [0.5, 0.6) is 0 Å². The summed E-state index contributed by atoms with van der Waals surface area (Å²) in [7, 11) is 6.07. The minimum Gasteiger partial charge on any atom is -0.331 e. The summed E-state index contributed by atoms with van der Waals surface area (Å²) in [6.45, 7) is 8.57. The molecule has 0 saturated carbocycles. The molecule has 1 aliphatic rings. The second kappa shape index (κ2) is 11.3. The zero-order valence-electron chi connectivity index (χ0n) is 18.2. The molecule has 7 nitrogen and oxygen atoms in total. The Morgan fingerprint density at radius 3 is 2.45 bits per heavy atom. The monoisotopic (exact) mass is 419 g/mol. The number of likely N-dealkylation sites (N-methyl/N-ethyl adjacent to an activating group) is 1. The van der Waals surface area contributed by atoms with Gasteiger partial charge < -0.3 is 14.7 Å². The Balaban J connectivity index is 0.00000145. The number of nitrogens with zero attached hydrogens (tertiary/aromatic N) is 5. The Bertz CT molecular complexity index is 860. The highest BCUT2D eigenvalue weighted by Crippen LogP contribution is 2.22. The van der Waals surface area contributed by atoms with Crippen molar-refractivity contribution in [3.8, 4) is 0 Å². The predicted molar refractivity (Wildman–Crippen MR) is 121 cm³/mol. The summed E-state index contributed by atoms with van der Waals surface area (Å²) >= 11 is 1.07. The lowest BCUT2D eigenvalue weighted by molar-refractivity contribution is 0.172. The van der Waals surface area contributed by atoms with Gasteiger partial charge in [-0.2, -0.15) is 0 Å². The van der Waals surface area contributed by atoms with E-state index in [9.17, 15) is 9.59 Å². The van der Waals surface area contributed by atoms with Crippen molar-refractivity contribution in [3.63, 3.8) is 0 Å². The van der Waals surface area contributed by atoms with E-state index in [-0.39, 0.29) is 10.8 Å². The molecule has 1 fully saturated rings. The molecule has 1 aromatic carbocycles. The summed E-state index contributed by atoms with van der Waals surface area (Å²) in [6.07, 6.45) is 0.823. The maximum Gasteiger partial charge on any atom is 0.289 e. The van der Waals surface area contributed by atoms with Crippen LogP contribution in [0.4, 0.5) is 4.79 Å². The number of aromatic nitrogens is 2. The lowest BCUT2D eigenvalue weighted by atomic mass is 10.2. The van der Waals surface area contributed by atoms with Gasteiger partial charge in [0.05, 0.1) is 10.9 Å². The molecule has 1 saturated heterocycles. The molecule has 0 atom stereocenters. The summed E-state index contributed by atoms with van der Waals surface area (Å²) in [4.78, 5) is 36.5. The molecule has 3 rings (SSSR count). The van der Waals surface area contributed by atoms with E-state index >= 15 is 0 Å². The Morgan fingerprint density at radius 1 is 1.14 bits per heavy atom. The largest absolute Gasteiger partial charge is 0.331 e. The first-order valence-electron chi connectivity index (χ1n) is 10.3. The molecular formula is C21H33N5O2S. The summed E-state index contributed by atoms with van der Waals surface area (Å²) in [6, 6.07) is 7.33. The molecule has 0 unspecified atom stereocenters. The maximum absolute atomic E-state index is 13.0. The highest BCUT2D eigenvalue weighted by molar-refractivity contribution is 8.13. The Hall–Kier alpha value is -1.90. The van der Waals surface area contributed by atoms with Crippen molar-refractivity contribution in [3.05, 3.63) is 34.6 Å². The third kappa shape index (κ3) is 6.29. The predicted octanol–water partition coefficient (Wildman–Crippen LogP) is 2.83. The third-order valence-electron chi connectivity index (χ3n) is 4.75. The molecule has 0 N–H and O–H groups in total. The van der Waals surface area contributed by atoms with Crippen molar-refractivity contribution < 1.29 is 4.79 Å². The van der Waals surface area contributed by atoms with E-state index in [1.165, 1.54) is 0 Å². The second-order valence-corrected chi connectivity index (χ2v) is 8.10. The van der Waals surface area contributed by atoms with Crippen LogP contribution in [0.3, 0.4) is 0 Å². The molecule has 0 aliphatic carbocycles. The molecule has 160 valence electrons. The number of benzene rings is 1. The van der Waals surface area contributed by atoms with Crippen LogP contribution in [-0.2, 0) is 6.54 Å². The van der Waals surface area contributed by atoms with Crippen molar-refractivity contribution in [2.24, 2.45) is 0 Å². The number of fused-ring (bicyclic) bond motifs is 1. The van der Waals surface area contributed by atoms with Crippen LogP contribution >= 0.6 is 11.8 Å². The molecule has 2 aromatic rings. The first-order chi connectivity index (χ1) is 14.0. The fourth-order valence-electron chi connectivity index (χ4n) is 3.10. The van der Waals surface area contributed by atoms with E-state index in [4.69, 9.17) is 0 Å². The highest BCUT2D eigenvalue weighted by atomic mass is 32.2. The van der Waals surface area contributed by atoms with E-state index in [1.54, 1.807) is 10.6 Å². The molecule has 2 heterocycles. The minimum atomic E-state index is -0.0759. The lowest BCUT2D eigenvalue weighted by Crippen LogP contribution is -2.46. The van der Waals surface area contributed by atoms with Gasteiger partial charge in [-0.05, 0) is 46.2 Å². The average molecular weight is 420 g/mol. The molecule has 0 bridgehead atoms. The van der Waals surface area contributed by atoms with Gasteiger partial charge in [0, 0.05) is 44.5 Å². The molecule has 29 heavy (non-hydrogen) atoms. The molecule has 1 amide bonds. The number of carbonyl (C=O) groups excluding carboxylic acids is 1. The Morgan fingerprint density at radius 2 is 1.79 bits per heavy atom. The van der Waals surface area contributed by atoms with Crippen LogP contribution in [-0.4, -0.2) is 83.4 Å². The number of piperazine rings is 1. The van der Waals surface area contributed by atoms with E-state index in [2.05, 4.69) is 21.8 Å². The van der Waals surface area contributed by atoms with Crippen LogP contribution in [0.1, 0.15) is 20.3 Å². The van der Waals surface area contributed by atoms with Crippen molar-refractivity contribution in [1.29, 1.82) is 0 Å². The van der Waals surface area contributed by atoms with E-state index in [0.29, 0.717) is 35.7 Å². The number of hydrogen-bond donors (Lipinski definition) is 0. The first-order valence-corrected chi connectivity index (χ1v) is 11.1. The van der Waals surface area contributed by atoms with E-state index in [1.807, 2.05) is 51.0 Å². The lowest BCUT2D eigenvalue weighted by Gasteiger charge is -2.32. The van der Waals surface area contributed by atoms with Gasteiger partial charge in [-0.15, -0.1) is 0 Å². The van der Waals surface area contributed by atoms with E-state index < -0.39 is 0 Å². The molecule has 8 heteroatoms. The zero-order valence-corrected chi connectivity index (χ0v) is 19.0. The zero-order chi connectivity index (χ0) is 21.4. The number of rotatable bonds is 5. The van der Waals surface area contributed by atoms with Crippen molar-refractivity contribution in [2.45, 2.75) is 32.0 Å². The molecule has 0 radical (unpaired) electrons. The van der Waals surface area contributed by atoms with Crippen molar-refractivity contribution in [1.82, 2.24) is 24.3 Å². The molecule has 0 spiro atoms. The summed E-state index contributed by atoms with van der Waals surface area (Å²) in [5.74, 6) is 0. The fraction of sp³-hybridized carbons (Fsp3) is 0.571. The maximum atomic E-state index is 13.0. The number of thioether (sulfide) groups is 1. The number of para-hydroxylation sites is 1. The topological polar surface area (TPSA) is 61.7 Å². The first kappa shape index (κ1) is 23.4. The van der Waals surface area contributed by atoms with Crippen LogP contribution in [0.2, 0.25) is 0 Å². The van der Waals surface area contributed by atoms with Gasteiger partial charge in [0.1, 0.15) is 0 Å². The van der Waals surface area contributed by atoms with Gasteiger partial charge in [0.2, 0.25) is 0 Å². The number of carbonyl (C=O) groups is 1. The normalized spacial score (nSPS) is 14.8. The summed E-state index contributed by atoms with van der Waals surface area (Å²) < 4.78 is 1.66. The van der Waals surface area contributed by atoms with Crippen LogP contribution in [0.25, 0.3) is 10.9 Å². The number of hydrogen-bond acceptors (Lipinski definition) is 6. The van der Waals surface area contributed by atoms with Gasteiger partial charge in [-0.1, -0.05) is 26.0 Å². The Kier molecular flexibility index (Phi) is 9.13. The third-order valence-corrected chi connectivity index (χ3v) is 5.68. The minimum absolute atomic E-state index is 0.0355. The fourth-order valence-corrected chi connectivity index (χ4v) is 4.00. The molecule has 1 aliphatic heterocycles. The van der Waals surface area contributed by atoms with Crippen molar-refractivity contribution in [2.75, 3.05) is 53.9 Å². The molecule has 1 aromatic heterocycles. The number of amides is 1. The average Bonchev–Trinajstić information content (AvgIpc) is 2.72. The quantitative estimate of drug-likeness (QED) is 0.549. The van der Waals surface area contributed by atoms with Crippen LogP contribution in [0, 0.1) is 0 Å². The summed E-state index contributed by atoms with van der Waals surface area (Å²) in [5, 5.41) is 1.05. The Labute approximate surface area is 177 Å². The van der Waals surface area contributed by atoms with Gasteiger partial charge in [0.25, 0.3) is 10.8 Å². The van der Waals surface area contributed by atoms with Gasteiger partial charge >= 0.3 is 0 Å². The van der Waals surface area contributed by atoms with Gasteiger partial charge in [0.15, 0.2) is 5.16 Å². The van der Waals surface area contributed by atoms with Crippen LogP contribution in [0.15, 0.2) is 34.2 Å². The second-order valence-electron chi connectivity index (χ2n) is 7.18. The van der Waals surface area contributed by atoms with E-state index in [0.717, 1.165) is 37.8 Å². The van der Waals surface area contributed by atoms with Gasteiger partial charge in [-0.25, -0.2) is 4.98 Å². The highest BCUT2D eigenvalue weighted by Gasteiger charge is 2.22. The van der Waals surface area contributed by atoms with Crippen molar-refractivity contribution >= 4 is 27.9 Å². The SMILES string of the molecule is CC.CN(C)CCCn1c(SC(=O)N2CCN(C)CC2)nc2ccccc2c1=O. The van der Waals surface area contributed by atoms with Gasteiger partial charge in [-0.3, -0.25) is 14.2 Å². The molecular weight excluding hydrogens is 386 g/mol.